The van der Waals surface area contributed by atoms with Gasteiger partial charge in [-0.3, -0.25) is 9.89 Å². The van der Waals surface area contributed by atoms with Crippen molar-refractivity contribution in [3.8, 4) is 12.1 Å². The number of nitrogens with zero attached hydrogens (tertiary/aromatic N) is 8. The van der Waals surface area contributed by atoms with E-state index in [1.54, 1.807) is 6.07 Å². The van der Waals surface area contributed by atoms with E-state index in [-0.39, 0.29) is 11.7 Å². The van der Waals surface area contributed by atoms with Crippen LogP contribution in [0.2, 0.25) is 5.02 Å². The van der Waals surface area contributed by atoms with Gasteiger partial charge in [0.1, 0.15) is 18.4 Å². The molecule has 1 atom stereocenters. The maximum atomic E-state index is 9.74. The highest BCUT2D eigenvalue weighted by Crippen LogP contribution is 2.35. The van der Waals surface area contributed by atoms with Crippen LogP contribution in [0.25, 0.3) is 0 Å². The fourth-order valence-corrected chi connectivity index (χ4v) is 5.09. The molecular weight excluding hydrogens is 504 g/mol. The monoisotopic (exact) mass is 534 g/mol. The second-order valence-electron chi connectivity index (χ2n) is 9.78. The van der Waals surface area contributed by atoms with E-state index in [2.05, 4.69) is 54.4 Å². The number of hydrogen-bond acceptors (Lipinski definition) is 11. The first-order valence-corrected chi connectivity index (χ1v) is 13.3. The van der Waals surface area contributed by atoms with Crippen molar-refractivity contribution in [2.75, 3.05) is 56.1 Å². The molecule has 0 aromatic heterocycles. The SMILES string of the molecule is C=N/C=C(/C#N)N1CC(NC2CC2)=NC(Nc2cc(C#N)cc(N3CCN(CC4CCCO4)CC3)c2Cl)=N1. The molecule has 12 heteroatoms. The zero-order chi connectivity index (χ0) is 26.5. The number of aliphatic imine (C=N–C) groups is 2. The molecule has 4 aliphatic rings. The first-order chi connectivity index (χ1) is 18.6. The molecule has 1 aromatic carbocycles. The molecule has 3 aliphatic heterocycles. The van der Waals surface area contributed by atoms with Crippen LogP contribution in [0.15, 0.2) is 39.1 Å². The summed E-state index contributed by atoms with van der Waals surface area (Å²) in [5.41, 5.74) is 2.05. The molecule has 11 nitrogen and oxygen atoms in total. The zero-order valence-electron chi connectivity index (χ0n) is 21.2. The van der Waals surface area contributed by atoms with Crippen LogP contribution < -0.4 is 15.5 Å². The predicted octanol–water partition coefficient (Wildman–Crippen LogP) is 2.73. The number of anilines is 2. The van der Waals surface area contributed by atoms with Gasteiger partial charge in [-0.05, 0) is 44.5 Å². The number of piperazine rings is 1. The van der Waals surface area contributed by atoms with Crippen molar-refractivity contribution in [3.05, 3.63) is 34.6 Å². The number of benzene rings is 1. The fraction of sp³-hybridized carbons (Fsp3) is 0.500. The van der Waals surface area contributed by atoms with E-state index in [0.717, 1.165) is 70.7 Å². The molecule has 1 unspecified atom stereocenters. The molecule has 1 saturated carbocycles. The van der Waals surface area contributed by atoms with Gasteiger partial charge in [0.2, 0.25) is 5.96 Å². The summed E-state index contributed by atoms with van der Waals surface area (Å²) in [5, 5.41) is 32.4. The van der Waals surface area contributed by atoms with Crippen LogP contribution >= 0.6 is 11.6 Å². The van der Waals surface area contributed by atoms with Crippen molar-refractivity contribution in [3.63, 3.8) is 0 Å². The normalized spacial score (nSPS) is 22.3. The summed E-state index contributed by atoms with van der Waals surface area (Å²) in [6, 6.07) is 8.24. The molecule has 2 N–H and O–H groups in total. The van der Waals surface area contributed by atoms with Crippen LogP contribution in [-0.2, 0) is 4.74 Å². The van der Waals surface area contributed by atoms with Gasteiger partial charge in [0.05, 0.1) is 40.3 Å². The second kappa shape index (κ2) is 11.8. The van der Waals surface area contributed by atoms with E-state index >= 15 is 0 Å². The molecule has 1 aliphatic carbocycles. The summed E-state index contributed by atoms with van der Waals surface area (Å²) >= 11 is 6.90. The van der Waals surface area contributed by atoms with E-state index in [0.29, 0.717) is 40.8 Å². The summed E-state index contributed by atoms with van der Waals surface area (Å²) in [4.78, 5) is 13.0. The standard InChI is InChI=1S/C26H31ClN10O/c1-30-15-20(14-29)37-17-24(31-19-4-5-19)33-26(34-37)32-22-11-18(13-28)12-23(25(22)27)36-8-6-35(7-9-36)16-21-3-2-10-38-21/h11-12,15,19,21H,1-10,16-17H2,(H2,31,32,33,34)/b20-15-. The highest BCUT2D eigenvalue weighted by molar-refractivity contribution is 6.36. The Balaban J connectivity index is 1.35. The second-order valence-corrected chi connectivity index (χ2v) is 10.2. The highest BCUT2D eigenvalue weighted by Gasteiger charge is 2.28. The summed E-state index contributed by atoms with van der Waals surface area (Å²) in [7, 11) is 0. The zero-order valence-corrected chi connectivity index (χ0v) is 22.0. The number of rotatable bonds is 7. The van der Waals surface area contributed by atoms with E-state index in [1.807, 2.05) is 6.07 Å². The van der Waals surface area contributed by atoms with Gasteiger partial charge in [-0.2, -0.15) is 15.5 Å². The number of halogens is 1. The molecule has 2 saturated heterocycles. The lowest BCUT2D eigenvalue weighted by molar-refractivity contribution is 0.0713. The summed E-state index contributed by atoms with van der Waals surface area (Å²) < 4.78 is 5.80. The number of ether oxygens (including phenoxy) is 1. The Morgan fingerprint density at radius 1 is 1.24 bits per heavy atom. The van der Waals surface area contributed by atoms with Crippen molar-refractivity contribution < 1.29 is 4.74 Å². The molecule has 1 aromatic rings. The third kappa shape index (κ3) is 6.25. The minimum Gasteiger partial charge on any atom is -0.377 e. The van der Waals surface area contributed by atoms with Crippen LogP contribution in [0, 0.1) is 22.7 Å². The third-order valence-corrected chi connectivity index (χ3v) is 7.34. The van der Waals surface area contributed by atoms with E-state index in [9.17, 15) is 10.5 Å². The van der Waals surface area contributed by atoms with Gasteiger partial charge >= 0.3 is 0 Å². The van der Waals surface area contributed by atoms with Crippen molar-refractivity contribution in [1.29, 1.82) is 10.5 Å². The van der Waals surface area contributed by atoms with Crippen LogP contribution in [-0.4, -0.2) is 86.4 Å². The first-order valence-electron chi connectivity index (χ1n) is 12.9. The van der Waals surface area contributed by atoms with Crippen LogP contribution in [0.5, 0.6) is 0 Å². The summed E-state index contributed by atoms with van der Waals surface area (Å²) in [5.74, 6) is 0.944. The summed E-state index contributed by atoms with van der Waals surface area (Å²) in [6.45, 7) is 8.98. The minimum absolute atomic E-state index is 0.239. The Labute approximate surface area is 227 Å². The van der Waals surface area contributed by atoms with E-state index in [4.69, 9.17) is 16.3 Å². The quantitative estimate of drug-likeness (QED) is 0.404. The molecule has 38 heavy (non-hydrogen) atoms. The van der Waals surface area contributed by atoms with E-state index in [1.165, 1.54) is 11.2 Å². The third-order valence-electron chi connectivity index (χ3n) is 6.94. The number of amidine groups is 1. The maximum absolute atomic E-state index is 9.74. The van der Waals surface area contributed by atoms with Crippen LogP contribution in [0.1, 0.15) is 31.2 Å². The topological polar surface area (TPSA) is 128 Å². The maximum Gasteiger partial charge on any atom is 0.246 e. The molecule has 3 heterocycles. The molecule has 0 amide bonds. The number of allylic oxidation sites excluding steroid dienone is 1. The van der Waals surface area contributed by atoms with Gasteiger partial charge in [0.15, 0.2) is 5.70 Å². The highest BCUT2D eigenvalue weighted by atomic mass is 35.5. The Hall–Kier alpha value is -3.64. The molecule has 5 rings (SSSR count). The number of nitriles is 2. The van der Waals surface area contributed by atoms with Gasteiger partial charge in [0.25, 0.3) is 0 Å². The smallest absolute Gasteiger partial charge is 0.246 e. The van der Waals surface area contributed by atoms with Gasteiger partial charge in [-0.1, -0.05) is 11.6 Å². The average molecular weight is 535 g/mol. The van der Waals surface area contributed by atoms with Crippen molar-refractivity contribution in [1.82, 2.24) is 15.2 Å². The van der Waals surface area contributed by atoms with Gasteiger partial charge < -0.3 is 20.3 Å². The largest absolute Gasteiger partial charge is 0.377 e. The van der Waals surface area contributed by atoms with Gasteiger partial charge in [-0.25, -0.2) is 5.01 Å². The number of hydrazone groups is 1. The molecular formula is C26H31ClN10O. The van der Waals surface area contributed by atoms with Gasteiger partial charge in [0, 0.05) is 45.4 Å². The molecule has 198 valence electrons. The summed E-state index contributed by atoms with van der Waals surface area (Å²) in [6.07, 6.45) is 6.12. The van der Waals surface area contributed by atoms with Crippen LogP contribution in [0.3, 0.4) is 0 Å². The number of nitrogens with one attached hydrogen (secondary N) is 2. The lowest BCUT2D eigenvalue weighted by atomic mass is 10.1. The Bertz CT molecular complexity index is 1230. The molecule has 0 radical (unpaired) electrons. The predicted molar refractivity (Wildman–Crippen MR) is 148 cm³/mol. The minimum atomic E-state index is 0.239. The Morgan fingerprint density at radius 2 is 2.05 bits per heavy atom. The molecule has 0 bridgehead atoms. The first kappa shape index (κ1) is 26.0. The van der Waals surface area contributed by atoms with Gasteiger partial charge in [-0.15, -0.1) is 5.10 Å². The number of hydrogen-bond donors (Lipinski definition) is 2. The van der Waals surface area contributed by atoms with Crippen molar-refractivity contribution in [2.45, 2.75) is 37.8 Å². The fourth-order valence-electron chi connectivity index (χ4n) is 4.81. The molecule has 0 spiro atoms. The lowest BCUT2D eigenvalue weighted by Crippen LogP contribution is -2.48. The van der Waals surface area contributed by atoms with E-state index < -0.39 is 0 Å². The van der Waals surface area contributed by atoms with Crippen molar-refractivity contribution >= 4 is 41.5 Å². The lowest BCUT2D eigenvalue weighted by Gasteiger charge is -2.37. The Kier molecular flexibility index (Phi) is 8.08. The molecule has 3 fully saturated rings. The average Bonchev–Trinajstić information content (AvgIpc) is 3.59. The number of guanidine groups is 1. The van der Waals surface area contributed by atoms with Crippen LogP contribution in [0.4, 0.5) is 11.4 Å². The Morgan fingerprint density at radius 3 is 2.71 bits per heavy atom. The van der Waals surface area contributed by atoms with Crippen molar-refractivity contribution in [2.24, 2.45) is 15.1 Å².